The molecule has 0 bridgehead atoms. The molecule has 0 spiro atoms. The number of carbonyl (C=O) groups excluding carboxylic acids is 1. The molecule has 1 saturated heterocycles. The molecule has 1 aromatic heterocycles. The number of rotatable bonds is 0. The van der Waals surface area contributed by atoms with Gasteiger partial charge in [0.05, 0.1) is 6.04 Å². The zero-order valence-corrected chi connectivity index (χ0v) is 13.2. The molecule has 3 heterocycles. The minimum atomic E-state index is -0.447. The average Bonchev–Trinajstić information content (AvgIpc) is 2.75. The highest BCUT2D eigenvalue weighted by molar-refractivity contribution is 5.69. The minimum absolute atomic E-state index is 0.210. The molecule has 5 nitrogen and oxygen atoms in total. The van der Waals surface area contributed by atoms with Crippen LogP contribution >= 0.6 is 0 Å². The van der Waals surface area contributed by atoms with Gasteiger partial charge in [0.15, 0.2) is 0 Å². The van der Waals surface area contributed by atoms with Crippen molar-refractivity contribution in [2.24, 2.45) is 0 Å². The number of ether oxygens (including phenoxy) is 1. The highest BCUT2D eigenvalue weighted by Gasteiger charge is 2.41. The lowest BCUT2D eigenvalue weighted by atomic mass is 10.1. The lowest BCUT2D eigenvalue weighted by Crippen LogP contribution is -2.58. The molecular formula is C16H23N3O2. The monoisotopic (exact) mass is 289 g/mol. The number of nitrogens with zero attached hydrogens (tertiary/aromatic N) is 3. The fourth-order valence-electron chi connectivity index (χ4n) is 3.28. The quantitative estimate of drug-likeness (QED) is 0.736. The molecule has 1 aromatic rings. The second-order valence-corrected chi connectivity index (χ2v) is 6.99. The van der Waals surface area contributed by atoms with Gasteiger partial charge in [-0.25, -0.2) is 9.78 Å². The van der Waals surface area contributed by atoms with Gasteiger partial charge in [-0.1, -0.05) is 6.07 Å². The maximum Gasteiger partial charge on any atom is 0.410 e. The van der Waals surface area contributed by atoms with Gasteiger partial charge in [-0.15, -0.1) is 0 Å². The number of fused-ring (bicyclic) bond motifs is 3. The van der Waals surface area contributed by atoms with Crippen molar-refractivity contribution in [2.45, 2.75) is 51.8 Å². The summed E-state index contributed by atoms with van der Waals surface area (Å²) < 4.78 is 5.50. The zero-order valence-electron chi connectivity index (χ0n) is 13.2. The fraction of sp³-hybridized carbons (Fsp3) is 0.625. The van der Waals surface area contributed by atoms with Crippen molar-refractivity contribution in [3.63, 3.8) is 0 Å². The van der Waals surface area contributed by atoms with Crippen LogP contribution < -0.4 is 4.90 Å². The SMILES string of the molecule is CC1CN(C(=O)OC(C)(C)C)CC2Cc3cccnc3N12. The third-order valence-electron chi connectivity index (χ3n) is 4.00. The molecule has 2 unspecified atom stereocenters. The Morgan fingerprint density at radius 1 is 1.38 bits per heavy atom. The fourth-order valence-corrected chi connectivity index (χ4v) is 3.28. The van der Waals surface area contributed by atoms with Crippen molar-refractivity contribution >= 4 is 11.9 Å². The molecular weight excluding hydrogens is 266 g/mol. The van der Waals surface area contributed by atoms with Gasteiger partial charge in [-0.05, 0) is 45.7 Å². The molecule has 114 valence electrons. The van der Waals surface area contributed by atoms with Crippen LogP contribution in [-0.4, -0.2) is 46.8 Å². The van der Waals surface area contributed by atoms with Crippen molar-refractivity contribution in [2.75, 3.05) is 18.0 Å². The molecule has 2 aliphatic rings. The van der Waals surface area contributed by atoms with E-state index in [0.29, 0.717) is 19.1 Å². The Bertz CT molecular complexity index is 553. The van der Waals surface area contributed by atoms with Gasteiger partial charge in [-0.2, -0.15) is 0 Å². The summed E-state index contributed by atoms with van der Waals surface area (Å²) >= 11 is 0. The smallest absolute Gasteiger partial charge is 0.410 e. The van der Waals surface area contributed by atoms with E-state index in [1.165, 1.54) is 5.56 Å². The minimum Gasteiger partial charge on any atom is -0.444 e. The molecule has 0 aliphatic carbocycles. The molecule has 21 heavy (non-hydrogen) atoms. The van der Waals surface area contributed by atoms with Gasteiger partial charge in [-0.3, -0.25) is 0 Å². The highest BCUT2D eigenvalue weighted by Crippen LogP contribution is 2.34. The van der Waals surface area contributed by atoms with Gasteiger partial charge >= 0.3 is 6.09 Å². The van der Waals surface area contributed by atoms with Gasteiger partial charge < -0.3 is 14.5 Å². The average molecular weight is 289 g/mol. The van der Waals surface area contributed by atoms with E-state index in [0.717, 1.165) is 12.2 Å². The van der Waals surface area contributed by atoms with Gasteiger partial charge in [0.1, 0.15) is 11.4 Å². The van der Waals surface area contributed by atoms with Crippen LogP contribution in [0.25, 0.3) is 0 Å². The van der Waals surface area contributed by atoms with Gasteiger partial charge in [0, 0.05) is 25.3 Å². The Labute approximate surface area is 125 Å². The van der Waals surface area contributed by atoms with Crippen LogP contribution in [0.1, 0.15) is 33.3 Å². The number of hydrogen-bond donors (Lipinski definition) is 0. The summed E-state index contributed by atoms with van der Waals surface area (Å²) in [6.07, 6.45) is 2.58. The van der Waals surface area contributed by atoms with E-state index in [9.17, 15) is 4.79 Å². The number of anilines is 1. The van der Waals surface area contributed by atoms with Crippen LogP contribution in [-0.2, 0) is 11.2 Å². The molecule has 0 saturated carbocycles. The number of amides is 1. The number of aromatic nitrogens is 1. The molecule has 2 atom stereocenters. The van der Waals surface area contributed by atoms with Crippen molar-refractivity contribution in [3.8, 4) is 0 Å². The van der Waals surface area contributed by atoms with Crippen molar-refractivity contribution in [3.05, 3.63) is 23.9 Å². The van der Waals surface area contributed by atoms with Crippen LogP contribution in [0.2, 0.25) is 0 Å². The van der Waals surface area contributed by atoms with Crippen LogP contribution in [0.15, 0.2) is 18.3 Å². The standard InChI is InChI=1S/C16H23N3O2/c1-11-9-18(15(20)21-16(2,3)4)10-13-8-12-6-5-7-17-14(12)19(11)13/h5-7,11,13H,8-10H2,1-4H3. The van der Waals surface area contributed by atoms with E-state index in [-0.39, 0.29) is 12.1 Å². The van der Waals surface area contributed by atoms with Crippen molar-refractivity contribution in [1.82, 2.24) is 9.88 Å². The summed E-state index contributed by atoms with van der Waals surface area (Å²) in [5.74, 6) is 1.08. The zero-order chi connectivity index (χ0) is 15.2. The molecule has 1 amide bonds. The third-order valence-corrected chi connectivity index (χ3v) is 4.00. The first-order valence-corrected chi connectivity index (χ1v) is 7.55. The van der Waals surface area contributed by atoms with E-state index in [2.05, 4.69) is 22.9 Å². The first-order chi connectivity index (χ1) is 9.85. The van der Waals surface area contributed by atoms with Crippen LogP contribution in [0.3, 0.4) is 0 Å². The summed E-state index contributed by atoms with van der Waals surface area (Å²) in [6.45, 7) is 9.24. The van der Waals surface area contributed by atoms with E-state index in [1.807, 2.05) is 37.9 Å². The molecule has 2 aliphatic heterocycles. The van der Waals surface area contributed by atoms with Gasteiger partial charge in [0.25, 0.3) is 0 Å². The summed E-state index contributed by atoms with van der Waals surface area (Å²) in [6, 6.07) is 4.68. The van der Waals surface area contributed by atoms with E-state index < -0.39 is 5.60 Å². The molecule has 0 aromatic carbocycles. The number of pyridine rings is 1. The summed E-state index contributed by atoms with van der Waals surface area (Å²) in [7, 11) is 0. The topological polar surface area (TPSA) is 45.7 Å². The third kappa shape index (κ3) is 2.69. The van der Waals surface area contributed by atoms with Gasteiger partial charge in [0.2, 0.25) is 0 Å². The maximum absolute atomic E-state index is 12.3. The normalized spacial score (nSPS) is 24.6. The Balaban J connectivity index is 1.75. The molecule has 0 radical (unpaired) electrons. The van der Waals surface area contributed by atoms with E-state index in [1.54, 1.807) is 0 Å². The molecule has 1 fully saturated rings. The Morgan fingerprint density at radius 2 is 2.14 bits per heavy atom. The molecule has 0 N–H and O–H groups in total. The summed E-state index contributed by atoms with van der Waals surface area (Å²) in [4.78, 5) is 21.0. The van der Waals surface area contributed by atoms with Crippen molar-refractivity contribution < 1.29 is 9.53 Å². The molecule has 5 heteroatoms. The lowest BCUT2D eigenvalue weighted by molar-refractivity contribution is 0.0191. The lowest BCUT2D eigenvalue weighted by Gasteiger charge is -2.43. The Hall–Kier alpha value is -1.78. The second kappa shape index (κ2) is 4.90. The second-order valence-electron chi connectivity index (χ2n) is 6.99. The highest BCUT2D eigenvalue weighted by atomic mass is 16.6. The first kappa shape index (κ1) is 14.2. The Kier molecular flexibility index (Phi) is 3.30. The molecule has 3 rings (SSSR count). The van der Waals surface area contributed by atoms with E-state index >= 15 is 0 Å². The largest absolute Gasteiger partial charge is 0.444 e. The van der Waals surface area contributed by atoms with Crippen LogP contribution in [0, 0.1) is 0 Å². The predicted octanol–water partition coefficient (Wildman–Crippen LogP) is 2.45. The Morgan fingerprint density at radius 3 is 2.86 bits per heavy atom. The van der Waals surface area contributed by atoms with E-state index in [4.69, 9.17) is 4.74 Å². The number of hydrogen-bond acceptors (Lipinski definition) is 4. The van der Waals surface area contributed by atoms with Crippen LogP contribution in [0.4, 0.5) is 10.6 Å². The predicted molar refractivity (Wildman–Crippen MR) is 81.5 cm³/mol. The maximum atomic E-state index is 12.3. The number of carbonyl (C=O) groups is 1. The summed E-state index contributed by atoms with van der Waals surface area (Å²) in [5.41, 5.74) is 0.831. The number of piperazine rings is 1. The van der Waals surface area contributed by atoms with Crippen LogP contribution in [0.5, 0.6) is 0 Å². The first-order valence-electron chi connectivity index (χ1n) is 7.55. The van der Waals surface area contributed by atoms with Crippen molar-refractivity contribution in [1.29, 1.82) is 0 Å². The summed E-state index contributed by atoms with van der Waals surface area (Å²) in [5, 5.41) is 0.